The number of alkyl halides is 3. The van der Waals surface area contributed by atoms with Crippen molar-refractivity contribution < 1.29 is 26.3 Å². The lowest BCUT2D eigenvalue weighted by Crippen LogP contribution is -2.18. The molecule has 32 heavy (non-hydrogen) atoms. The number of benzene rings is 3. The van der Waals surface area contributed by atoms with Crippen molar-refractivity contribution >= 4 is 15.7 Å². The lowest BCUT2D eigenvalue weighted by molar-refractivity contribution is -0.136. The second kappa shape index (κ2) is 9.91. The second-order valence-corrected chi connectivity index (χ2v) is 8.75. The summed E-state index contributed by atoms with van der Waals surface area (Å²) < 4.78 is 74.0. The summed E-state index contributed by atoms with van der Waals surface area (Å²) in [6.07, 6.45) is -2.66. The van der Waals surface area contributed by atoms with E-state index >= 15 is 0 Å². The Morgan fingerprint density at radius 1 is 0.969 bits per heavy atom. The zero-order chi connectivity index (χ0) is 23.2. The highest BCUT2D eigenvalue weighted by Gasteiger charge is 2.35. The number of para-hydroxylation sites is 1. The molecule has 0 aliphatic rings. The molecule has 1 unspecified atom stereocenters. The van der Waals surface area contributed by atoms with Gasteiger partial charge >= 0.3 is 6.18 Å². The third-order valence-corrected chi connectivity index (χ3v) is 6.15. The number of rotatable bonds is 9. The zero-order valence-corrected chi connectivity index (χ0v) is 17.9. The van der Waals surface area contributed by atoms with Crippen LogP contribution in [0.25, 0.3) is 0 Å². The number of halogens is 3. The molecule has 8 heteroatoms. The summed E-state index contributed by atoms with van der Waals surface area (Å²) >= 11 is 0. The molecule has 0 radical (unpaired) electrons. The molecular formula is C24H22F3NO3S. The van der Waals surface area contributed by atoms with Crippen LogP contribution in [-0.2, 0) is 16.2 Å². The Morgan fingerprint density at radius 3 is 2.19 bits per heavy atom. The molecule has 1 atom stereocenters. The van der Waals surface area contributed by atoms with Crippen molar-refractivity contribution in [2.45, 2.75) is 23.4 Å². The van der Waals surface area contributed by atoms with E-state index in [0.29, 0.717) is 17.7 Å². The van der Waals surface area contributed by atoms with E-state index in [1.807, 2.05) is 18.2 Å². The maximum atomic E-state index is 13.6. The van der Waals surface area contributed by atoms with Gasteiger partial charge in [0.05, 0.1) is 22.8 Å². The Kier molecular flexibility index (Phi) is 7.25. The topological polar surface area (TPSA) is 55.4 Å². The first kappa shape index (κ1) is 23.4. The highest BCUT2D eigenvalue weighted by Crippen LogP contribution is 2.38. The molecule has 0 aliphatic heterocycles. The monoisotopic (exact) mass is 461 g/mol. The van der Waals surface area contributed by atoms with Gasteiger partial charge in [-0.1, -0.05) is 48.5 Å². The van der Waals surface area contributed by atoms with E-state index in [1.165, 1.54) is 36.4 Å². The molecule has 4 nitrogen and oxygen atoms in total. The van der Waals surface area contributed by atoms with E-state index < -0.39 is 27.5 Å². The fraction of sp³-hybridized carbons (Fsp3) is 0.167. The van der Waals surface area contributed by atoms with Gasteiger partial charge in [0.25, 0.3) is 10.0 Å². The van der Waals surface area contributed by atoms with Crippen molar-refractivity contribution in [2.75, 3.05) is 11.3 Å². The van der Waals surface area contributed by atoms with Crippen molar-refractivity contribution in [2.24, 2.45) is 0 Å². The van der Waals surface area contributed by atoms with Crippen LogP contribution in [0.2, 0.25) is 0 Å². The summed E-state index contributed by atoms with van der Waals surface area (Å²) in [5.41, 5.74) is -1.10. The molecule has 3 aromatic rings. The summed E-state index contributed by atoms with van der Waals surface area (Å²) in [7, 11) is -4.21. The first-order valence-electron chi connectivity index (χ1n) is 9.78. The zero-order valence-electron chi connectivity index (χ0n) is 17.0. The molecule has 0 aromatic heterocycles. The van der Waals surface area contributed by atoms with Crippen molar-refractivity contribution in [3.63, 3.8) is 0 Å². The number of hydrogen-bond acceptors (Lipinski definition) is 3. The van der Waals surface area contributed by atoms with Crippen LogP contribution in [0.3, 0.4) is 0 Å². The van der Waals surface area contributed by atoms with Gasteiger partial charge in [-0.15, -0.1) is 6.58 Å². The molecule has 0 spiro atoms. The molecule has 0 saturated heterocycles. The highest BCUT2D eigenvalue weighted by molar-refractivity contribution is 7.92. The summed E-state index contributed by atoms with van der Waals surface area (Å²) in [5.74, 6) is 0.299. The molecule has 0 saturated carbocycles. The molecule has 0 amide bonds. The Hall–Kier alpha value is -3.26. The van der Waals surface area contributed by atoms with Crippen LogP contribution in [0, 0.1) is 0 Å². The molecule has 0 heterocycles. The normalized spacial score (nSPS) is 12.7. The second-order valence-electron chi connectivity index (χ2n) is 7.07. The smallest absolute Gasteiger partial charge is 0.418 e. The standard InChI is InChI=1S/C24H22F3NO3S/c1-2-9-19(17-31-20-10-5-3-6-11-20)18-14-15-22(24(25,26)27)23(16-18)28-32(29,30)21-12-7-4-8-13-21/h2-8,10-16,19,28H,1,9,17H2. The van der Waals surface area contributed by atoms with E-state index in [2.05, 4.69) is 11.3 Å². The number of ether oxygens (including phenoxy) is 1. The van der Waals surface area contributed by atoms with Gasteiger partial charge in [0.15, 0.2) is 0 Å². The minimum Gasteiger partial charge on any atom is -0.493 e. The maximum Gasteiger partial charge on any atom is 0.418 e. The summed E-state index contributed by atoms with van der Waals surface area (Å²) in [5, 5.41) is 0. The van der Waals surface area contributed by atoms with Gasteiger partial charge < -0.3 is 4.74 Å². The minimum absolute atomic E-state index is 0.131. The van der Waals surface area contributed by atoms with Gasteiger partial charge in [-0.25, -0.2) is 8.42 Å². The van der Waals surface area contributed by atoms with Crippen molar-refractivity contribution in [1.29, 1.82) is 0 Å². The average molecular weight is 462 g/mol. The van der Waals surface area contributed by atoms with E-state index in [9.17, 15) is 21.6 Å². The van der Waals surface area contributed by atoms with E-state index in [1.54, 1.807) is 24.3 Å². The van der Waals surface area contributed by atoms with Crippen LogP contribution >= 0.6 is 0 Å². The SMILES string of the molecule is C=CCC(COc1ccccc1)c1ccc(C(F)(F)F)c(NS(=O)(=O)c2ccccc2)c1. The first-order valence-corrected chi connectivity index (χ1v) is 11.3. The number of anilines is 1. The van der Waals surface area contributed by atoms with Crippen LogP contribution < -0.4 is 9.46 Å². The summed E-state index contributed by atoms with van der Waals surface area (Å²) in [4.78, 5) is -0.131. The van der Waals surface area contributed by atoms with Gasteiger partial charge in [-0.05, 0) is 48.4 Å². The lowest BCUT2D eigenvalue weighted by atomic mass is 9.94. The third kappa shape index (κ3) is 5.91. The molecule has 3 aromatic carbocycles. The van der Waals surface area contributed by atoms with Crippen LogP contribution in [-0.4, -0.2) is 15.0 Å². The fourth-order valence-corrected chi connectivity index (χ4v) is 4.26. The van der Waals surface area contributed by atoms with Gasteiger partial charge in [0.2, 0.25) is 0 Å². The molecule has 0 aliphatic carbocycles. The van der Waals surface area contributed by atoms with Gasteiger partial charge in [0, 0.05) is 5.92 Å². The Morgan fingerprint density at radius 2 is 1.59 bits per heavy atom. The first-order chi connectivity index (χ1) is 15.2. The summed E-state index contributed by atoms with van der Waals surface area (Å²) in [6.45, 7) is 3.90. The van der Waals surface area contributed by atoms with Gasteiger partial charge in [-0.3, -0.25) is 4.72 Å². The van der Waals surface area contributed by atoms with Crippen molar-refractivity contribution in [3.8, 4) is 5.75 Å². The number of nitrogens with one attached hydrogen (secondary N) is 1. The Bertz CT molecular complexity index is 1150. The molecular weight excluding hydrogens is 439 g/mol. The number of hydrogen-bond donors (Lipinski definition) is 1. The predicted octanol–water partition coefficient (Wildman–Crippen LogP) is 6.24. The van der Waals surface area contributed by atoms with E-state index in [4.69, 9.17) is 4.74 Å². The number of sulfonamides is 1. The van der Waals surface area contributed by atoms with Crippen LogP contribution in [0.4, 0.5) is 18.9 Å². The van der Waals surface area contributed by atoms with E-state index in [0.717, 1.165) is 6.07 Å². The predicted molar refractivity (Wildman–Crippen MR) is 118 cm³/mol. The minimum atomic E-state index is -4.73. The largest absolute Gasteiger partial charge is 0.493 e. The molecule has 0 fully saturated rings. The van der Waals surface area contributed by atoms with E-state index in [-0.39, 0.29) is 17.4 Å². The van der Waals surface area contributed by atoms with Crippen molar-refractivity contribution in [3.05, 3.63) is 103 Å². The summed E-state index contributed by atoms with van der Waals surface area (Å²) in [6, 6.07) is 19.7. The van der Waals surface area contributed by atoms with Crippen molar-refractivity contribution in [1.82, 2.24) is 0 Å². The molecule has 168 valence electrons. The highest BCUT2D eigenvalue weighted by atomic mass is 32.2. The van der Waals surface area contributed by atoms with Gasteiger partial charge in [-0.2, -0.15) is 13.2 Å². The lowest BCUT2D eigenvalue weighted by Gasteiger charge is -2.20. The number of allylic oxidation sites excluding steroid dienone is 1. The third-order valence-electron chi connectivity index (χ3n) is 4.76. The Balaban J connectivity index is 1.95. The van der Waals surface area contributed by atoms with Crippen LogP contribution in [0.5, 0.6) is 5.75 Å². The van der Waals surface area contributed by atoms with Crippen LogP contribution in [0.15, 0.2) is 96.4 Å². The molecule has 1 N–H and O–H groups in total. The molecule has 0 bridgehead atoms. The molecule has 3 rings (SSSR count). The van der Waals surface area contributed by atoms with Crippen LogP contribution in [0.1, 0.15) is 23.5 Å². The average Bonchev–Trinajstić information content (AvgIpc) is 2.77. The quantitative estimate of drug-likeness (QED) is 0.384. The fourth-order valence-electron chi connectivity index (χ4n) is 3.17. The maximum absolute atomic E-state index is 13.6. The van der Waals surface area contributed by atoms with Gasteiger partial charge in [0.1, 0.15) is 5.75 Å². The Labute approximate surface area is 185 Å².